The van der Waals surface area contributed by atoms with Gasteiger partial charge in [-0.05, 0) is 50.4 Å². The number of hydrogen-bond acceptors (Lipinski definition) is 3. The van der Waals surface area contributed by atoms with Crippen LogP contribution in [0, 0.1) is 6.92 Å². The van der Waals surface area contributed by atoms with Gasteiger partial charge in [0.25, 0.3) is 0 Å². The second kappa shape index (κ2) is 8.57. The molecule has 5 nitrogen and oxygen atoms in total. The molecule has 2 aromatic heterocycles. The summed E-state index contributed by atoms with van der Waals surface area (Å²) in [6, 6.07) is 14.6. The van der Waals surface area contributed by atoms with E-state index in [9.17, 15) is 4.79 Å². The largest absolute Gasteiger partial charge is 0.355 e. The first-order valence-electron chi connectivity index (χ1n) is 10.2. The molecule has 3 aromatic rings. The van der Waals surface area contributed by atoms with Crippen LogP contribution in [-0.4, -0.2) is 39.3 Å². The molecule has 1 atom stereocenters. The summed E-state index contributed by atoms with van der Waals surface area (Å²) in [6.45, 7) is 4.64. The Morgan fingerprint density at radius 3 is 3.07 bits per heavy atom. The summed E-state index contributed by atoms with van der Waals surface area (Å²) in [5, 5.41) is 3.14. The van der Waals surface area contributed by atoms with Crippen LogP contribution in [0.3, 0.4) is 0 Å². The van der Waals surface area contributed by atoms with Crippen molar-refractivity contribution in [2.45, 2.75) is 45.2 Å². The lowest BCUT2D eigenvalue weighted by molar-refractivity contribution is -0.125. The van der Waals surface area contributed by atoms with Gasteiger partial charge in [-0.15, -0.1) is 0 Å². The Labute approximate surface area is 166 Å². The Morgan fingerprint density at radius 1 is 1.25 bits per heavy atom. The van der Waals surface area contributed by atoms with Gasteiger partial charge in [0.05, 0.1) is 17.8 Å². The molecule has 0 radical (unpaired) electrons. The number of amides is 1. The number of hydrogen-bond donors (Lipinski definition) is 1. The second-order valence-corrected chi connectivity index (χ2v) is 7.68. The third-order valence-electron chi connectivity index (χ3n) is 5.53. The number of aromatic nitrogens is 2. The average molecular weight is 377 g/mol. The van der Waals surface area contributed by atoms with E-state index in [0.717, 1.165) is 50.1 Å². The fourth-order valence-corrected chi connectivity index (χ4v) is 4.12. The molecule has 1 N–H and O–H groups in total. The van der Waals surface area contributed by atoms with Gasteiger partial charge in [-0.1, -0.05) is 35.9 Å². The van der Waals surface area contributed by atoms with E-state index in [-0.39, 0.29) is 11.9 Å². The SMILES string of the molecule is Cc1cccc(CN2CCCC2C(=O)NCCCc2ncc3ccccn23)c1. The first-order valence-corrected chi connectivity index (χ1v) is 10.2. The molecule has 1 amide bonds. The molecular formula is C23H28N4O. The van der Waals surface area contributed by atoms with Gasteiger partial charge < -0.3 is 9.72 Å². The minimum atomic E-state index is -0.00670. The van der Waals surface area contributed by atoms with Crippen LogP contribution in [-0.2, 0) is 17.8 Å². The van der Waals surface area contributed by atoms with E-state index in [1.54, 1.807) is 0 Å². The second-order valence-electron chi connectivity index (χ2n) is 7.68. The van der Waals surface area contributed by atoms with Crippen LogP contribution in [0.5, 0.6) is 0 Å². The van der Waals surface area contributed by atoms with Crippen molar-refractivity contribution in [2.75, 3.05) is 13.1 Å². The predicted molar refractivity (Wildman–Crippen MR) is 111 cm³/mol. The number of carbonyl (C=O) groups is 1. The highest BCUT2D eigenvalue weighted by molar-refractivity contribution is 5.82. The maximum absolute atomic E-state index is 12.7. The number of nitrogens with zero attached hydrogens (tertiary/aromatic N) is 3. The van der Waals surface area contributed by atoms with Gasteiger partial charge in [-0.3, -0.25) is 9.69 Å². The molecule has 0 spiro atoms. The van der Waals surface area contributed by atoms with Crippen molar-refractivity contribution in [2.24, 2.45) is 0 Å². The maximum Gasteiger partial charge on any atom is 0.237 e. The fraction of sp³-hybridized carbons (Fsp3) is 0.391. The molecule has 1 aliphatic rings. The molecule has 1 aliphatic heterocycles. The van der Waals surface area contributed by atoms with E-state index in [1.807, 2.05) is 24.5 Å². The molecule has 1 aromatic carbocycles. The number of likely N-dealkylation sites (tertiary alicyclic amines) is 1. The van der Waals surface area contributed by atoms with Crippen LogP contribution in [0.25, 0.3) is 5.52 Å². The number of rotatable bonds is 7. The van der Waals surface area contributed by atoms with Crippen molar-refractivity contribution in [1.82, 2.24) is 19.6 Å². The van der Waals surface area contributed by atoms with Crippen molar-refractivity contribution in [3.05, 3.63) is 71.8 Å². The molecule has 3 heterocycles. The zero-order valence-corrected chi connectivity index (χ0v) is 16.5. The molecule has 28 heavy (non-hydrogen) atoms. The molecule has 1 saturated heterocycles. The van der Waals surface area contributed by atoms with Crippen LogP contribution in [0.2, 0.25) is 0 Å². The summed E-state index contributed by atoms with van der Waals surface area (Å²) in [7, 11) is 0. The first-order chi connectivity index (χ1) is 13.7. The van der Waals surface area contributed by atoms with Crippen LogP contribution in [0.15, 0.2) is 54.9 Å². The summed E-state index contributed by atoms with van der Waals surface area (Å²) < 4.78 is 2.11. The fourth-order valence-electron chi connectivity index (χ4n) is 4.12. The average Bonchev–Trinajstić information content (AvgIpc) is 3.32. The highest BCUT2D eigenvalue weighted by atomic mass is 16.2. The van der Waals surface area contributed by atoms with Crippen LogP contribution in [0.1, 0.15) is 36.2 Å². The molecule has 0 aliphatic carbocycles. The molecule has 1 unspecified atom stereocenters. The van der Waals surface area contributed by atoms with Crippen LogP contribution >= 0.6 is 0 Å². The number of pyridine rings is 1. The van der Waals surface area contributed by atoms with E-state index in [0.29, 0.717) is 6.54 Å². The zero-order chi connectivity index (χ0) is 19.3. The highest BCUT2D eigenvalue weighted by Gasteiger charge is 2.30. The molecule has 4 rings (SSSR count). The van der Waals surface area contributed by atoms with E-state index in [1.165, 1.54) is 11.1 Å². The van der Waals surface area contributed by atoms with Crippen LogP contribution in [0.4, 0.5) is 0 Å². The Balaban J connectivity index is 1.27. The van der Waals surface area contributed by atoms with Gasteiger partial charge in [0.2, 0.25) is 5.91 Å². The molecular weight excluding hydrogens is 348 g/mol. The van der Waals surface area contributed by atoms with Crippen molar-refractivity contribution >= 4 is 11.4 Å². The smallest absolute Gasteiger partial charge is 0.237 e. The standard InChI is InChI=1S/C23H28N4O/c1-18-7-4-8-19(15-18)17-26-13-6-10-21(26)23(28)24-12-5-11-22-25-16-20-9-2-3-14-27(20)22/h2-4,7-9,14-16,21H,5-6,10-13,17H2,1H3,(H,24,28). The third-order valence-corrected chi connectivity index (χ3v) is 5.53. The lowest BCUT2D eigenvalue weighted by atomic mass is 10.1. The predicted octanol–water partition coefficient (Wildman–Crippen LogP) is 3.36. The number of nitrogens with one attached hydrogen (secondary N) is 1. The molecule has 146 valence electrons. The Kier molecular flexibility index (Phi) is 5.72. The number of fused-ring (bicyclic) bond motifs is 1. The summed E-state index contributed by atoms with van der Waals surface area (Å²) in [5.41, 5.74) is 3.66. The topological polar surface area (TPSA) is 49.6 Å². The maximum atomic E-state index is 12.7. The highest BCUT2D eigenvalue weighted by Crippen LogP contribution is 2.20. The van der Waals surface area contributed by atoms with Gasteiger partial charge >= 0.3 is 0 Å². The molecule has 5 heteroatoms. The number of imidazole rings is 1. The minimum absolute atomic E-state index is 0.00670. The van der Waals surface area contributed by atoms with Crippen molar-refractivity contribution < 1.29 is 4.79 Å². The van der Waals surface area contributed by atoms with Crippen molar-refractivity contribution in [3.63, 3.8) is 0 Å². The lowest BCUT2D eigenvalue weighted by Crippen LogP contribution is -2.43. The van der Waals surface area contributed by atoms with E-state index in [2.05, 4.69) is 56.9 Å². The van der Waals surface area contributed by atoms with Crippen molar-refractivity contribution in [3.8, 4) is 0 Å². The van der Waals surface area contributed by atoms with Crippen molar-refractivity contribution in [1.29, 1.82) is 0 Å². The number of aryl methyl sites for hydroxylation is 2. The van der Waals surface area contributed by atoms with E-state index < -0.39 is 0 Å². The minimum Gasteiger partial charge on any atom is -0.355 e. The van der Waals surface area contributed by atoms with E-state index >= 15 is 0 Å². The van der Waals surface area contributed by atoms with Gasteiger partial charge in [-0.25, -0.2) is 4.98 Å². The summed E-state index contributed by atoms with van der Waals surface area (Å²) >= 11 is 0. The van der Waals surface area contributed by atoms with Gasteiger partial charge in [0.15, 0.2) is 0 Å². The summed E-state index contributed by atoms with van der Waals surface area (Å²) in [5.74, 6) is 1.21. The van der Waals surface area contributed by atoms with Gasteiger partial charge in [0.1, 0.15) is 5.82 Å². The normalized spacial score (nSPS) is 17.2. The van der Waals surface area contributed by atoms with Gasteiger partial charge in [-0.2, -0.15) is 0 Å². The molecule has 0 bridgehead atoms. The monoisotopic (exact) mass is 376 g/mol. The number of benzene rings is 1. The quantitative estimate of drug-likeness (QED) is 0.644. The third kappa shape index (κ3) is 4.25. The lowest BCUT2D eigenvalue weighted by Gasteiger charge is -2.24. The van der Waals surface area contributed by atoms with Crippen LogP contribution < -0.4 is 5.32 Å². The van der Waals surface area contributed by atoms with Gasteiger partial charge in [0, 0.05) is 25.7 Å². The summed E-state index contributed by atoms with van der Waals surface area (Å²) in [6.07, 6.45) is 7.72. The number of carbonyl (C=O) groups excluding carboxylic acids is 1. The first kappa shape index (κ1) is 18.7. The summed E-state index contributed by atoms with van der Waals surface area (Å²) in [4.78, 5) is 19.5. The molecule has 0 saturated carbocycles. The zero-order valence-electron chi connectivity index (χ0n) is 16.5. The Hall–Kier alpha value is -2.66. The van der Waals surface area contributed by atoms with E-state index in [4.69, 9.17) is 0 Å². The Bertz CT molecular complexity index is 948. The Morgan fingerprint density at radius 2 is 2.18 bits per heavy atom. The molecule has 1 fully saturated rings.